The van der Waals surface area contributed by atoms with Crippen LogP contribution in [0.25, 0.3) is 0 Å². The molecule has 1 N–H and O–H groups in total. The van der Waals surface area contributed by atoms with Crippen LogP contribution >= 0.6 is 0 Å². The largest absolute Gasteiger partial charge is 0.393 e. The second-order valence-electron chi connectivity index (χ2n) is 7.53. The topological polar surface area (TPSA) is 46.5 Å². The van der Waals surface area contributed by atoms with Gasteiger partial charge in [0.1, 0.15) is 5.60 Å². The van der Waals surface area contributed by atoms with E-state index in [0.29, 0.717) is 13.0 Å². The van der Waals surface area contributed by atoms with E-state index in [4.69, 9.17) is 4.74 Å². The van der Waals surface area contributed by atoms with Gasteiger partial charge in [-0.05, 0) is 40.0 Å². The maximum atomic E-state index is 12.0. The van der Waals surface area contributed by atoms with Gasteiger partial charge in [0.05, 0.1) is 6.10 Å². The summed E-state index contributed by atoms with van der Waals surface area (Å²) >= 11 is 0. The van der Waals surface area contributed by atoms with Crippen molar-refractivity contribution in [1.82, 2.24) is 0 Å². The van der Waals surface area contributed by atoms with Crippen LogP contribution < -0.4 is 0 Å². The number of aliphatic hydroxyl groups is 1. The molecule has 1 unspecified atom stereocenters. The second-order valence-corrected chi connectivity index (χ2v) is 7.53. The predicted molar refractivity (Wildman–Crippen MR) is 102 cm³/mol. The Morgan fingerprint density at radius 1 is 0.875 bits per heavy atom. The van der Waals surface area contributed by atoms with Crippen LogP contribution in [0.5, 0.6) is 0 Å². The minimum absolute atomic E-state index is 0.0970. The number of aliphatic hydroxyl groups excluding tert-OH is 1. The van der Waals surface area contributed by atoms with E-state index < -0.39 is 5.60 Å². The number of ketones is 1. The van der Waals surface area contributed by atoms with Gasteiger partial charge in [-0.2, -0.15) is 0 Å². The van der Waals surface area contributed by atoms with Crippen LogP contribution in [0.2, 0.25) is 0 Å². The van der Waals surface area contributed by atoms with E-state index in [0.717, 1.165) is 32.1 Å². The Balaban J connectivity index is 3.43. The van der Waals surface area contributed by atoms with E-state index in [-0.39, 0.29) is 11.9 Å². The maximum Gasteiger partial charge on any atom is 0.164 e. The maximum absolute atomic E-state index is 12.0. The summed E-state index contributed by atoms with van der Waals surface area (Å²) in [5, 5.41) is 9.92. The molecule has 0 aromatic rings. The highest BCUT2D eigenvalue weighted by atomic mass is 16.5. The predicted octanol–water partition coefficient (Wildman–Crippen LogP) is 5.82. The molecule has 0 saturated heterocycles. The van der Waals surface area contributed by atoms with Crippen LogP contribution in [0, 0.1) is 0 Å². The fourth-order valence-electron chi connectivity index (χ4n) is 3.07. The lowest BCUT2D eigenvalue weighted by atomic mass is 9.97. The van der Waals surface area contributed by atoms with Crippen molar-refractivity contribution in [3.63, 3.8) is 0 Å². The van der Waals surface area contributed by atoms with Crippen LogP contribution in [-0.4, -0.2) is 29.2 Å². The molecule has 0 amide bonds. The monoisotopic (exact) mass is 342 g/mol. The molecule has 0 aliphatic rings. The first-order valence-electron chi connectivity index (χ1n) is 10.3. The summed E-state index contributed by atoms with van der Waals surface area (Å²) < 4.78 is 5.49. The fraction of sp³-hybridized carbons (Fsp3) is 0.952. The number of carbonyl (C=O) groups is 1. The van der Waals surface area contributed by atoms with Gasteiger partial charge in [0.25, 0.3) is 0 Å². The Morgan fingerprint density at radius 2 is 1.38 bits per heavy atom. The standard InChI is InChI=1S/C21H42O3/c1-5-7-8-13-16-19(22)17-14-11-9-10-12-15-18-20(23)21(3,4)24-6-2/h19,22H,5-18H2,1-4H3. The van der Waals surface area contributed by atoms with Crippen molar-refractivity contribution in [3.05, 3.63) is 0 Å². The summed E-state index contributed by atoms with van der Waals surface area (Å²) in [5.74, 6) is 0.218. The lowest BCUT2D eigenvalue weighted by molar-refractivity contribution is -0.139. The molecular formula is C21H42O3. The average molecular weight is 343 g/mol. The molecule has 0 aromatic carbocycles. The molecule has 0 aliphatic heterocycles. The molecule has 3 heteroatoms. The van der Waals surface area contributed by atoms with Crippen LogP contribution in [0.4, 0.5) is 0 Å². The number of rotatable bonds is 17. The van der Waals surface area contributed by atoms with Crippen LogP contribution in [0.15, 0.2) is 0 Å². The Bertz CT molecular complexity index is 299. The molecule has 0 fully saturated rings. The van der Waals surface area contributed by atoms with E-state index in [1.807, 2.05) is 20.8 Å². The lowest BCUT2D eigenvalue weighted by Gasteiger charge is -2.22. The van der Waals surface area contributed by atoms with E-state index in [9.17, 15) is 9.90 Å². The van der Waals surface area contributed by atoms with Crippen molar-refractivity contribution in [3.8, 4) is 0 Å². The third kappa shape index (κ3) is 12.9. The first-order valence-corrected chi connectivity index (χ1v) is 10.3. The second kappa shape index (κ2) is 14.9. The molecule has 24 heavy (non-hydrogen) atoms. The van der Waals surface area contributed by atoms with Crippen molar-refractivity contribution < 1.29 is 14.6 Å². The summed E-state index contributed by atoms with van der Waals surface area (Å²) in [6.07, 6.45) is 14.2. The highest BCUT2D eigenvalue weighted by Gasteiger charge is 2.26. The summed E-state index contributed by atoms with van der Waals surface area (Å²) in [5.41, 5.74) is -0.623. The van der Waals surface area contributed by atoms with Crippen LogP contribution in [0.3, 0.4) is 0 Å². The summed E-state index contributed by atoms with van der Waals surface area (Å²) in [6.45, 7) is 8.46. The molecule has 144 valence electrons. The Kier molecular flexibility index (Phi) is 14.6. The highest BCUT2D eigenvalue weighted by molar-refractivity contribution is 5.86. The minimum Gasteiger partial charge on any atom is -0.393 e. The zero-order valence-corrected chi connectivity index (χ0v) is 16.7. The molecule has 3 nitrogen and oxygen atoms in total. The Hall–Kier alpha value is -0.410. The number of carbonyl (C=O) groups excluding carboxylic acids is 1. The Labute approximate surface area is 150 Å². The number of ether oxygens (including phenoxy) is 1. The third-order valence-electron chi connectivity index (χ3n) is 4.76. The molecule has 1 atom stereocenters. The quantitative estimate of drug-likeness (QED) is 0.339. The highest BCUT2D eigenvalue weighted by Crippen LogP contribution is 2.17. The fourth-order valence-corrected chi connectivity index (χ4v) is 3.07. The zero-order chi connectivity index (χ0) is 18.3. The molecular weight excluding hydrogens is 300 g/mol. The number of unbranched alkanes of at least 4 members (excludes halogenated alkanes) is 8. The molecule has 0 spiro atoms. The van der Waals surface area contributed by atoms with Gasteiger partial charge in [0, 0.05) is 13.0 Å². The van der Waals surface area contributed by atoms with Gasteiger partial charge >= 0.3 is 0 Å². The minimum atomic E-state index is -0.623. The summed E-state index contributed by atoms with van der Waals surface area (Å²) in [7, 11) is 0. The van der Waals surface area contributed by atoms with Crippen molar-refractivity contribution in [2.45, 2.75) is 123 Å². The summed E-state index contributed by atoms with van der Waals surface area (Å²) in [4.78, 5) is 12.0. The van der Waals surface area contributed by atoms with Crippen molar-refractivity contribution in [1.29, 1.82) is 0 Å². The Morgan fingerprint density at radius 3 is 1.92 bits per heavy atom. The first kappa shape index (κ1) is 23.6. The first-order chi connectivity index (χ1) is 11.4. The van der Waals surface area contributed by atoms with Gasteiger partial charge in [0.2, 0.25) is 0 Å². The number of hydrogen-bond donors (Lipinski definition) is 1. The van der Waals surface area contributed by atoms with Crippen molar-refractivity contribution in [2.75, 3.05) is 6.61 Å². The average Bonchev–Trinajstić information content (AvgIpc) is 2.53. The van der Waals surface area contributed by atoms with E-state index in [2.05, 4.69) is 6.92 Å². The normalized spacial score (nSPS) is 13.2. The van der Waals surface area contributed by atoms with Crippen LogP contribution in [0.1, 0.15) is 111 Å². The molecule has 0 rings (SSSR count). The van der Waals surface area contributed by atoms with Gasteiger partial charge < -0.3 is 9.84 Å². The van der Waals surface area contributed by atoms with Gasteiger partial charge in [-0.3, -0.25) is 4.79 Å². The van der Waals surface area contributed by atoms with Gasteiger partial charge in [0.15, 0.2) is 5.78 Å². The molecule has 0 saturated carbocycles. The molecule has 0 heterocycles. The lowest BCUT2D eigenvalue weighted by Crippen LogP contribution is -2.34. The number of hydrogen-bond acceptors (Lipinski definition) is 3. The molecule has 0 radical (unpaired) electrons. The van der Waals surface area contributed by atoms with Crippen LogP contribution in [-0.2, 0) is 9.53 Å². The summed E-state index contributed by atoms with van der Waals surface area (Å²) in [6, 6.07) is 0. The van der Waals surface area contributed by atoms with E-state index in [1.165, 1.54) is 44.9 Å². The van der Waals surface area contributed by atoms with E-state index in [1.54, 1.807) is 0 Å². The van der Waals surface area contributed by atoms with Gasteiger partial charge in [-0.25, -0.2) is 0 Å². The SMILES string of the molecule is CCCCCCC(O)CCCCCCCCC(=O)C(C)(C)OCC. The zero-order valence-electron chi connectivity index (χ0n) is 16.7. The van der Waals surface area contributed by atoms with Crippen molar-refractivity contribution >= 4 is 5.78 Å². The molecule has 0 bridgehead atoms. The van der Waals surface area contributed by atoms with Gasteiger partial charge in [-0.1, -0.05) is 64.7 Å². The molecule has 0 aromatic heterocycles. The van der Waals surface area contributed by atoms with E-state index >= 15 is 0 Å². The van der Waals surface area contributed by atoms with Gasteiger partial charge in [-0.15, -0.1) is 0 Å². The smallest absolute Gasteiger partial charge is 0.164 e. The third-order valence-corrected chi connectivity index (χ3v) is 4.76. The van der Waals surface area contributed by atoms with Crippen molar-refractivity contribution in [2.24, 2.45) is 0 Å². The number of Topliss-reactive ketones (excluding diaryl/α,β-unsaturated/α-hetero) is 1. The molecule has 0 aliphatic carbocycles.